The zero-order valence-electron chi connectivity index (χ0n) is 16.0. The molecular formula is C21H33BrN2O2. The van der Waals surface area contributed by atoms with E-state index in [1.807, 2.05) is 6.07 Å². The standard InChI is InChI=1S/C21H33BrN2O2/c1-2-3-4-5-6-7-8-9-10-11-12-17-20(25)23-24-21(26)18-15-13-14-16-19(18)22/h13-16H,2-12,17H2,1H3,(H,23,25)(H,24,26). The summed E-state index contributed by atoms with van der Waals surface area (Å²) in [5.41, 5.74) is 5.45. The molecule has 0 aromatic heterocycles. The van der Waals surface area contributed by atoms with Crippen LogP contribution in [0.1, 0.15) is 94.3 Å². The molecule has 0 atom stereocenters. The number of unbranched alkanes of at least 4 members (excludes halogenated alkanes) is 10. The Labute approximate surface area is 166 Å². The summed E-state index contributed by atoms with van der Waals surface area (Å²) < 4.78 is 0.706. The van der Waals surface area contributed by atoms with Crippen molar-refractivity contribution in [3.05, 3.63) is 34.3 Å². The first-order valence-electron chi connectivity index (χ1n) is 9.99. The largest absolute Gasteiger partial charge is 0.273 e. The molecule has 0 radical (unpaired) electrons. The first-order chi connectivity index (χ1) is 12.6. The average molecular weight is 425 g/mol. The summed E-state index contributed by atoms with van der Waals surface area (Å²) in [5.74, 6) is -0.453. The van der Waals surface area contributed by atoms with Crippen LogP contribution in [0.3, 0.4) is 0 Å². The Morgan fingerprint density at radius 3 is 1.92 bits per heavy atom. The van der Waals surface area contributed by atoms with Crippen molar-refractivity contribution in [2.45, 2.75) is 84.0 Å². The van der Waals surface area contributed by atoms with Gasteiger partial charge in [0, 0.05) is 10.9 Å². The molecule has 0 spiro atoms. The summed E-state index contributed by atoms with van der Waals surface area (Å²) in [6.07, 6.45) is 14.3. The number of hydrogen-bond donors (Lipinski definition) is 2. The molecule has 0 aliphatic carbocycles. The van der Waals surface area contributed by atoms with E-state index < -0.39 is 0 Å². The van der Waals surface area contributed by atoms with Gasteiger partial charge < -0.3 is 0 Å². The van der Waals surface area contributed by atoms with Gasteiger partial charge in [0.2, 0.25) is 5.91 Å². The molecule has 0 saturated carbocycles. The summed E-state index contributed by atoms with van der Waals surface area (Å²) in [5, 5.41) is 0. The normalized spacial score (nSPS) is 10.5. The maximum absolute atomic E-state index is 12.0. The lowest BCUT2D eigenvalue weighted by molar-refractivity contribution is -0.122. The fourth-order valence-electron chi connectivity index (χ4n) is 2.85. The Kier molecular flexibility index (Phi) is 12.9. The number of benzene rings is 1. The molecule has 0 saturated heterocycles. The fourth-order valence-corrected chi connectivity index (χ4v) is 3.32. The molecule has 4 nitrogen and oxygen atoms in total. The minimum absolute atomic E-state index is 0.138. The first-order valence-corrected chi connectivity index (χ1v) is 10.8. The van der Waals surface area contributed by atoms with Crippen molar-refractivity contribution in [3.63, 3.8) is 0 Å². The molecule has 26 heavy (non-hydrogen) atoms. The van der Waals surface area contributed by atoms with Gasteiger partial charge in [-0.1, -0.05) is 83.3 Å². The second-order valence-corrected chi connectivity index (χ2v) is 7.62. The molecule has 0 heterocycles. The van der Waals surface area contributed by atoms with Crippen LogP contribution in [0.4, 0.5) is 0 Å². The van der Waals surface area contributed by atoms with Crippen LogP contribution in [-0.2, 0) is 4.79 Å². The minimum atomic E-state index is -0.315. The number of nitrogens with one attached hydrogen (secondary N) is 2. The van der Waals surface area contributed by atoms with E-state index in [9.17, 15) is 9.59 Å². The third kappa shape index (κ3) is 10.6. The molecule has 2 N–H and O–H groups in total. The van der Waals surface area contributed by atoms with E-state index >= 15 is 0 Å². The fraction of sp³-hybridized carbons (Fsp3) is 0.619. The van der Waals surface area contributed by atoms with Crippen LogP contribution in [-0.4, -0.2) is 11.8 Å². The van der Waals surface area contributed by atoms with Crippen LogP contribution in [0.5, 0.6) is 0 Å². The quantitative estimate of drug-likeness (QED) is 0.305. The van der Waals surface area contributed by atoms with Crippen molar-refractivity contribution >= 4 is 27.7 Å². The molecule has 0 aliphatic heterocycles. The van der Waals surface area contributed by atoms with E-state index in [1.165, 1.54) is 57.8 Å². The topological polar surface area (TPSA) is 58.2 Å². The van der Waals surface area contributed by atoms with E-state index in [0.29, 0.717) is 16.5 Å². The highest BCUT2D eigenvalue weighted by molar-refractivity contribution is 9.10. The maximum Gasteiger partial charge on any atom is 0.270 e. The second-order valence-electron chi connectivity index (χ2n) is 6.77. The van der Waals surface area contributed by atoms with Gasteiger partial charge in [-0.15, -0.1) is 0 Å². The maximum atomic E-state index is 12.0. The lowest BCUT2D eigenvalue weighted by Gasteiger charge is -2.08. The Hall–Kier alpha value is -1.36. The number of hydrazine groups is 1. The van der Waals surface area contributed by atoms with Gasteiger partial charge in [-0.25, -0.2) is 0 Å². The molecular weight excluding hydrogens is 392 g/mol. The van der Waals surface area contributed by atoms with Crippen LogP contribution < -0.4 is 10.9 Å². The summed E-state index contributed by atoms with van der Waals surface area (Å²) in [6, 6.07) is 7.12. The smallest absolute Gasteiger partial charge is 0.270 e. The summed E-state index contributed by atoms with van der Waals surface area (Å²) >= 11 is 3.32. The van der Waals surface area contributed by atoms with E-state index in [4.69, 9.17) is 0 Å². The zero-order chi connectivity index (χ0) is 19.0. The van der Waals surface area contributed by atoms with Crippen molar-refractivity contribution in [2.24, 2.45) is 0 Å². The number of halogens is 1. The van der Waals surface area contributed by atoms with E-state index in [1.54, 1.807) is 18.2 Å². The van der Waals surface area contributed by atoms with Gasteiger partial charge in [-0.05, 0) is 34.5 Å². The monoisotopic (exact) mass is 424 g/mol. The molecule has 146 valence electrons. The van der Waals surface area contributed by atoms with Gasteiger partial charge in [0.25, 0.3) is 5.91 Å². The predicted octanol–water partition coefficient (Wildman–Crippen LogP) is 5.91. The summed E-state index contributed by atoms with van der Waals surface area (Å²) in [4.78, 5) is 23.8. The summed E-state index contributed by atoms with van der Waals surface area (Å²) in [6.45, 7) is 2.25. The number of hydrogen-bond acceptors (Lipinski definition) is 2. The van der Waals surface area contributed by atoms with Gasteiger partial charge in [0.1, 0.15) is 0 Å². The van der Waals surface area contributed by atoms with Crippen LogP contribution in [0, 0.1) is 0 Å². The predicted molar refractivity (Wildman–Crippen MR) is 111 cm³/mol. The van der Waals surface area contributed by atoms with Gasteiger partial charge >= 0.3 is 0 Å². The molecule has 1 aromatic rings. The minimum Gasteiger partial charge on any atom is -0.273 e. The molecule has 0 bridgehead atoms. The Bertz CT molecular complexity index is 534. The van der Waals surface area contributed by atoms with Crippen molar-refractivity contribution in [1.82, 2.24) is 10.9 Å². The van der Waals surface area contributed by atoms with Crippen LogP contribution >= 0.6 is 15.9 Å². The van der Waals surface area contributed by atoms with Crippen molar-refractivity contribution in [3.8, 4) is 0 Å². The molecule has 1 aromatic carbocycles. The Morgan fingerprint density at radius 1 is 0.808 bits per heavy atom. The molecule has 2 amide bonds. The van der Waals surface area contributed by atoms with Crippen LogP contribution in [0.25, 0.3) is 0 Å². The lowest BCUT2D eigenvalue weighted by Crippen LogP contribution is -2.41. The molecule has 0 fully saturated rings. The Balaban J connectivity index is 1.97. The lowest BCUT2D eigenvalue weighted by atomic mass is 10.1. The van der Waals surface area contributed by atoms with Gasteiger partial charge in [-0.3, -0.25) is 20.4 Å². The van der Waals surface area contributed by atoms with E-state index in [2.05, 4.69) is 33.7 Å². The SMILES string of the molecule is CCCCCCCCCCCCCC(=O)NNC(=O)c1ccccc1Br. The van der Waals surface area contributed by atoms with E-state index in [-0.39, 0.29) is 11.8 Å². The molecule has 1 rings (SSSR count). The number of carbonyl (C=O) groups excluding carboxylic acids is 2. The van der Waals surface area contributed by atoms with Crippen molar-refractivity contribution < 1.29 is 9.59 Å². The molecule has 0 aliphatic rings. The van der Waals surface area contributed by atoms with Crippen LogP contribution in [0.15, 0.2) is 28.7 Å². The number of rotatable bonds is 13. The number of carbonyl (C=O) groups is 2. The molecule has 5 heteroatoms. The van der Waals surface area contributed by atoms with Crippen molar-refractivity contribution in [2.75, 3.05) is 0 Å². The third-order valence-corrected chi connectivity index (χ3v) is 5.13. The average Bonchev–Trinajstić information content (AvgIpc) is 2.64. The van der Waals surface area contributed by atoms with E-state index in [0.717, 1.165) is 12.8 Å². The molecule has 0 unspecified atom stereocenters. The van der Waals surface area contributed by atoms with Gasteiger partial charge in [-0.2, -0.15) is 0 Å². The van der Waals surface area contributed by atoms with Gasteiger partial charge in [0.05, 0.1) is 5.56 Å². The number of amides is 2. The second kappa shape index (κ2) is 14.8. The highest BCUT2D eigenvalue weighted by Crippen LogP contribution is 2.15. The third-order valence-electron chi connectivity index (χ3n) is 4.44. The Morgan fingerprint density at radius 2 is 1.35 bits per heavy atom. The summed E-state index contributed by atoms with van der Waals surface area (Å²) in [7, 11) is 0. The highest BCUT2D eigenvalue weighted by atomic mass is 79.9. The van der Waals surface area contributed by atoms with Gasteiger partial charge in [0.15, 0.2) is 0 Å². The first kappa shape index (κ1) is 22.7. The van der Waals surface area contributed by atoms with Crippen LogP contribution in [0.2, 0.25) is 0 Å². The van der Waals surface area contributed by atoms with Crippen molar-refractivity contribution in [1.29, 1.82) is 0 Å². The highest BCUT2D eigenvalue weighted by Gasteiger charge is 2.09. The zero-order valence-corrected chi connectivity index (χ0v) is 17.6.